The predicted molar refractivity (Wildman–Crippen MR) is 88.1 cm³/mol. The number of fused-ring (bicyclic) bond motifs is 1. The molecule has 7 nitrogen and oxygen atoms in total. The van der Waals surface area contributed by atoms with E-state index in [1.807, 2.05) is 6.07 Å². The van der Waals surface area contributed by atoms with Gasteiger partial charge in [0.05, 0.1) is 16.2 Å². The van der Waals surface area contributed by atoms with Crippen LogP contribution in [0.5, 0.6) is 0 Å². The average Bonchev–Trinajstić information content (AvgIpc) is 2.89. The molecular weight excluding hydrogens is 364 g/mol. The minimum Gasteiger partial charge on any atom is -0.465 e. The van der Waals surface area contributed by atoms with Gasteiger partial charge in [-0.05, 0) is 41.1 Å². The standard InChI is InChI=1S/C15H13BrN4O3/c1-9(17-15(22)23)13-18-19-8-7-11(16)12(19)14(21)20(13)10-5-3-2-4-6-10/h2-9,17H,1H3,(H,22,23). The lowest BCUT2D eigenvalue weighted by Crippen LogP contribution is -2.33. The Bertz CT molecular complexity index is 933. The molecule has 8 heteroatoms. The molecule has 2 N–H and O–H groups in total. The number of rotatable bonds is 3. The zero-order valence-electron chi connectivity index (χ0n) is 12.1. The highest BCUT2D eigenvalue weighted by molar-refractivity contribution is 9.10. The van der Waals surface area contributed by atoms with Crippen molar-refractivity contribution in [3.05, 3.63) is 63.2 Å². The van der Waals surface area contributed by atoms with Gasteiger partial charge in [-0.3, -0.25) is 9.36 Å². The van der Waals surface area contributed by atoms with Crippen LogP contribution in [0.25, 0.3) is 11.2 Å². The molecule has 0 aliphatic heterocycles. The highest BCUT2D eigenvalue weighted by Crippen LogP contribution is 2.19. The van der Waals surface area contributed by atoms with Crippen LogP contribution in [-0.4, -0.2) is 25.4 Å². The van der Waals surface area contributed by atoms with Gasteiger partial charge in [0.1, 0.15) is 5.52 Å². The normalized spacial score (nSPS) is 12.3. The van der Waals surface area contributed by atoms with Gasteiger partial charge in [0, 0.05) is 6.20 Å². The molecule has 23 heavy (non-hydrogen) atoms. The first-order valence-corrected chi connectivity index (χ1v) is 7.63. The number of benzene rings is 1. The van der Waals surface area contributed by atoms with Crippen LogP contribution in [0.1, 0.15) is 18.8 Å². The summed E-state index contributed by atoms with van der Waals surface area (Å²) in [5.74, 6) is 0.305. The zero-order chi connectivity index (χ0) is 16.6. The third kappa shape index (κ3) is 2.72. The number of carbonyl (C=O) groups is 1. The van der Waals surface area contributed by atoms with Crippen LogP contribution in [0, 0.1) is 0 Å². The molecule has 1 atom stereocenters. The second-order valence-corrected chi connectivity index (χ2v) is 5.82. The van der Waals surface area contributed by atoms with E-state index in [2.05, 4.69) is 26.3 Å². The third-order valence-corrected chi connectivity index (χ3v) is 4.04. The molecule has 0 radical (unpaired) electrons. The minimum absolute atomic E-state index is 0.280. The largest absolute Gasteiger partial charge is 0.465 e. The van der Waals surface area contributed by atoms with Gasteiger partial charge < -0.3 is 10.4 Å². The van der Waals surface area contributed by atoms with Crippen molar-refractivity contribution < 1.29 is 9.90 Å². The van der Waals surface area contributed by atoms with Gasteiger partial charge in [-0.1, -0.05) is 18.2 Å². The maximum atomic E-state index is 12.9. The molecule has 1 amide bonds. The van der Waals surface area contributed by atoms with E-state index in [0.717, 1.165) is 0 Å². The van der Waals surface area contributed by atoms with E-state index in [9.17, 15) is 9.59 Å². The molecule has 3 aromatic rings. The van der Waals surface area contributed by atoms with E-state index in [-0.39, 0.29) is 5.56 Å². The first-order valence-electron chi connectivity index (χ1n) is 6.83. The number of nitrogens with one attached hydrogen (secondary N) is 1. The number of aromatic nitrogens is 3. The van der Waals surface area contributed by atoms with Crippen LogP contribution in [0.15, 0.2) is 51.9 Å². The second-order valence-electron chi connectivity index (χ2n) is 4.96. The molecule has 0 fully saturated rings. The Balaban J connectivity index is 2.33. The van der Waals surface area contributed by atoms with Gasteiger partial charge in [0.15, 0.2) is 5.82 Å². The molecule has 0 aliphatic rings. The third-order valence-electron chi connectivity index (χ3n) is 3.40. The van der Waals surface area contributed by atoms with Crippen molar-refractivity contribution in [3.63, 3.8) is 0 Å². The van der Waals surface area contributed by atoms with Crippen LogP contribution in [0.2, 0.25) is 0 Å². The number of hydrogen-bond acceptors (Lipinski definition) is 3. The molecule has 1 aromatic carbocycles. The summed E-state index contributed by atoms with van der Waals surface area (Å²) in [6.07, 6.45) is 0.466. The minimum atomic E-state index is -1.18. The van der Waals surface area contributed by atoms with Gasteiger partial charge in [-0.25, -0.2) is 9.31 Å². The molecule has 0 bridgehead atoms. The molecule has 3 rings (SSSR count). The lowest BCUT2D eigenvalue weighted by molar-refractivity contribution is 0.190. The van der Waals surface area contributed by atoms with Crippen molar-refractivity contribution in [2.75, 3.05) is 0 Å². The van der Waals surface area contributed by atoms with Crippen LogP contribution < -0.4 is 10.9 Å². The van der Waals surface area contributed by atoms with E-state index in [1.54, 1.807) is 43.5 Å². The average molecular weight is 377 g/mol. The molecule has 2 heterocycles. The SMILES string of the molecule is CC(NC(=O)O)c1nn2ccc(Br)c2c(=O)n1-c1ccccc1. The van der Waals surface area contributed by atoms with Crippen molar-refractivity contribution in [3.8, 4) is 5.69 Å². The second kappa shape index (κ2) is 5.88. The predicted octanol–water partition coefficient (Wildman–Crippen LogP) is 2.58. The molecule has 0 saturated carbocycles. The van der Waals surface area contributed by atoms with Gasteiger partial charge in [-0.2, -0.15) is 5.10 Å². The lowest BCUT2D eigenvalue weighted by Gasteiger charge is -2.17. The summed E-state index contributed by atoms with van der Waals surface area (Å²) in [5, 5.41) is 15.7. The fourth-order valence-electron chi connectivity index (χ4n) is 2.40. The van der Waals surface area contributed by atoms with Crippen LogP contribution in [-0.2, 0) is 0 Å². The zero-order valence-corrected chi connectivity index (χ0v) is 13.7. The van der Waals surface area contributed by atoms with Gasteiger partial charge in [0.2, 0.25) is 0 Å². The fraction of sp³-hybridized carbons (Fsp3) is 0.133. The summed E-state index contributed by atoms with van der Waals surface area (Å²) in [4.78, 5) is 23.9. The number of nitrogens with zero attached hydrogens (tertiary/aromatic N) is 3. The number of carboxylic acid groups (broad SMARTS) is 1. The molecule has 0 spiro atoms. The highest BCUT2D eigenvalue weighted by Gasteiger charge is 2.20. The number of amides is 1. The fourth-order valence-corrected chi connectivity index (χ4v) is 2.87. The van der Waals surface area contributed by atoms with E-state index in [0.29, 0.717) is 21.5 Å². The van der Waals surface area contributed by atoms with Gasteiger partial charge in [0.25, 0.3) is 5.56 Å². The van der Waals surface area contributed by atoms with Crippen LogP contribution in [0.3, 0.4) is 0 Å². The lowest BCUT2D eigenvalue weighted by atomic mass is 10.2. The Morgan fingerprint density at radius 1 is 1.30 bits per heavy atom. The number of para-hydroxylation sites is 1. The highest BCUT2D eigenvalue weighted by atomic mass is 79.9. The molecule has 0 saturated heterocycles. The quantitative estimate of drug-likeness (QED) is 0.734. The summed E-state index contributed by atoms with van der Waals surface area (Å²) >= 11 is 3.34. The van der Waals surface area contributed by atoms with Crippen molar-refractivity contribution >= 4 is 27.5 Å². The summed E-state index contributed by atoms with van der Waals surface area (Å²) in [6.45, 7) is 1.64. The smallest absolute Gasteiger partial charge is 0.405 e. The molecule has 118 valence electrons. The molecule has 0 aliphatic carbocycles. The van der Waals surface area contributed by atoms with Crippen molar-refractivity contribution in [2.24, 2.45) is 0 Å². The molecule has 1 unspecified atom stereocenters. The van der Waals surface area contributed by atoms with Gasteiger partial charge >= 0.3 is 6.09 Å². The maximum Gasteiger partial charge on any atom is 0.405 e. The molecular formula is C15H13BrN4O3. The van der Waals surface area contributed by atoms with E-state index in [1.165, 1.54) is 9.08 Å². The van der Waals surface area contributed by atoms with E-state index < -0.39 is 12.1 Å². The van der Waals surface area contributed by atoms with Crippen LogP contribution >= 0.6 is 15.9 Å². The Hall–Kier alpha value is -2.61. The van der Waals surface area contributed by atoms with E-state index in [4.69, 9.17) is 5.11 Å². The molecule has 2 aromatic heterocycles. The Labute approximate surface area is 139 Å². The summed E-state index contributed by atoms with van der Waals surface area (Å²) in [7, 11) is 0. The number of hydrogen-bond donors (Lipinski definition) is 2. The van der Waals surface area contributed by atoms with Crippen molar-refractivity contribution in [1.29, 1.82) is 0 Å². The van der Waals surface area contributed by atoms with E-state index >= 15 is 0 Å². The first-order chi connectivity index (χ1) is 11.0. The van der Waals surface area contributed by atoms with Crippen LogP contribution in [0.4, 0.5) is 4.79 Å². The van der Waals surface area contributed by atoms with Gasteiger partial charge in [-0.15, -0.1) is 0 Å². The first kappa shape index (κ1) is 15.3. The Morgan fingerprint density at radius 2 is 2.00 bits per heavy atom. The number of halogens is 1. The monoisotopic (exact) mass is 376 g/mol. The Kier molecular flexibility index (Phi) is 3.91. The topological polar surface area (TPSA) is 88.6 Å². The summed E-state index contributed by atoms with van der Waals surface area (Å²) in [6, 6.07) is 10.0. The van der Waals surface area contributed by atoms with Crippen molar-refractivity contribution in [1.82, 2.24) is 19.5 Å². The summed E-state index contributed by atoms with van der Waals surface area (Å²) in [5.41, 5.74) is 0.729. The Morgan fingerprint density at radius 3 is 2.65 bits per heavy atom. The summed E-state index contributed by atoms with van der Waals surface area (Å²) < 4.78 is 3.49. The van der Waals surface area contributed by atoms with Crippen molar-refractivity contribution in [2.45, 2.75) is 13.0 Å². The maximum absolute atomic E-state index is 12.9.